The number of hydrogen-bond acceptors (Lipinski definition) is 0. The van der Waals surface area contributed by atoms with Crippen molar-refractivity contribution in [3.63, 3.8) is 0 Å². The molecule has 0 saturated carbocycles. The third-order valence-corrected chi connectivity index (χ3v) is 21.9. The SMILES string of the molecule is [Pt].c1ccc(P(c2ccccc2)c2ccccc2)cc1.c1ccc(P(c2ccccc2)c2ccccc2)cc1.c1ccc(P(c2ccccc2)c2ccccc2)cc1.c1ccc(P(c2ccccc2)c2ccccc2)cc1. The van der Waals surface area contributed by atoms with E-state index < -0.39 is 31.7 Å². The fourth-order valence-corrected chi connectivity index (χ4v) is 17.9. The van der Waals surface area contributed by atoms with Crippen LogP contribution in [0.2, 0.25) is 0 Å². The van der Waals surface area contributed by atoms with Gasteiger partial charge in [-0.25, -0.2) is 0 Å². The van der Waals surface area contributed by atoms with Gasteiger partial charge in [-0.1, -0.05) is 364 Å². The molecule has 12 aromatic rings. The van der Waals surface area contributed by atoms with Crippen molar-refractivity contribution < 1.29 is 21.1 Å². The summed E-state index contributed by atoms with van der Waals surface area (Å²) in [5.74, 6) is 0. The van der Waals surface area contributed by atoms with Gasteiger partial charge < -0.3 is 0 Å². The molecule has 0 aliphatic rings. The summed E-state index contributed by atoms with van der Waals surface area (Å²) in [6.07, 6.45) is 0. The minimum absolute atomic E-state index is 0. The Morgan fingerprint density at radius 1 is 0.104 bits per heavy atom. The van der Waals surface area contributed by atoms with Crippen LogP contribution in [-0.2, 0) is 21.1 Å². The van der Waals surface area contributed by atoms with E-state index in [2.05, 4.69) is 364 Å². The number of hydrogen-bond donors (Lipinski definition) is 0. The Hall–Kier alpha value is -6.95. The average Bonchev–Trinajstić information content (AvgIpc) is 3.51. The molecule has 0 spiro atoms. The monoisotopic (exact) mass is 1240 g/mol. The van der Waals surface area contributed by atoms with Gasteiger partial charge in [0.2, 0.25) is 0 Å². The molecule has 0 amide bonds. The third-order valence-electron chi connectivity index (χ3n) is 12.2. The molecule has 0 nitrogen and oxygen atoms in total. The van der Waals surface area contributed by atoms with Gasteiger partial charge in [-0.05, 0) is 95.3 Å². The molecule has 0 aliphatic carbocycles. The number of benzene rings is 12. The van der Waals surface area contributed by atoms with Crippen LogP contribution in [0.3, 0.4) is 0 Å². The molecule has 12 aromatic carbocycles. The van der Waals surface area contributed by atoms with Crippen molar-refractivity contribution in [2.24, 2.45) is 0 Å². The smallest absolute Gasteiger partial charge is 0 e. The van der Waals surface area contributed by atoms with E-state index in [9.17, 15) is 0 Å². The van der Waals surface area contributed by atoms with E-state index in [-0.39, 0.29) is 21.1 Å². The maximum Gasteiger partial charge on any atom is 0 e. The molecule has 0 unspecified atom stereocenters. The van der Waals surface area contributed by atoms with Crippen LogP contribution < -0.4 is 63.7 Å². The van der Waals surface area contributed by atoms with Crippen LogP contribution in [-0.4, -0.2) is 0 Å². The fraction of sp³-hybridized carbons (Fsp3) is 0. The van der Waals surface area contributed by atoms with Crippen LogP contribution in [0.4, 0.5) is 0 Å². The summed E-state index contributed by atoms with van der Waals surface area (Å²) in [7, 11) is -1.78. The summed E-state index contributed by atoms with van der Waals surface area (Å²) >= 11 is 0. The Balaban J connectivity index is 0.000000135. The summed E-state index contributed by atoms with van der Waals surface area (Å²) < 4.78 is 0. The Kier molecular flexibility index (Phi) is 22.9. The first-order valence-corrected chi connectivity index (χ1v) is 31.0. The van der Waals surface area contributed by atoms with Gasteiger partial charge in [0, 0.05) is 21.1 Å². The van der Waals surface area contributed by atoms with Crippen LogP contribution in [0.15, 0.2) is 364 Å². The molecular weight excluding hydrogens is 1180 g/mol. The zero-order chi connectivity index (χ0) is 51.7. The maximum atomic E-state index is 2.23. The number of rotatable bonds is 12. The van der Waals surface area contributed by atoms with Gasteiger partial charge in [0.1, 0.15) is 0 Å². The summed E-state index contributed by atoms with van der Waals surface area (Å²) in [6.45, 7) is 0. The molecule has 0 fully saturated rings. The van der Waals surface area contributed by atoms with E-state index in [1.807, 2.05) is 0 Å². The molecule has 0 aliphatic heterocycles. The van der Waals surface area contributed by atoms with Gasteiger partial charge in [0.25, 0.3) is 0 Å². The molecule has 12 rings (SSSR count). The van der Waals surface area contributed by atoms with Crippen LogP contribution >= 0.6 is 31.7 Å². The van der Waals surface area contributed by atoms with Gasteiger partial charge in [-0.3, -0.25) is 0 Å². The minimum Gasteiger partial charge on any atom is -0.0622 e. The van der Waals surface area contributed by atoms with Crippen molar-refractivity contribution in [1.82, 2.24) is 0 Å². The Morgan fingerprint density at radius 3 is 0.234 bits per heavy atom. The first kappa shape index (κ1) is 56.3. The van der Waals surface area contributed by atoms with E-state index in [1.54, 1.807) is 0 Å². The van der Waals surface area contributed by atoms with E-state index in [4.69, 9.17) is 0 Å². The molecule has 378 valence electrons. The first-order chi connectivity index (χ1) is 37.8. The van der Waals surface area contributed by atoms with E-state index >= 15 is 0 Å². The van der Waals surface area contributed by atoms with Gasteiger partial charge in [-0.15, -0.1) is 0 Å². The second-order valence-electron chi connectivity index (χ2n) is 17.4. The quantitative estimate of drug-likeness (QED) is 0.107. The molecular formula is C72H60P4Pt. The van der Waals surface area contributed by atoms with Gasteiger partial charge in [-0.2, -0.15) is 0 Å². The van der Waals surface area contributed by atoms with Gasteiger partial charge in [0.05, 0.1) is 0 Å². The van der Waals surface area contributed by atoms with Crippen LogP contribution in [0, 0.1) is 0 Å². The van der Waals surface area contributed by atoms with Crippen molar-refractivity contribution in [2.45, 2.75) is 0 Å². The van der Waals surface area contributed by atoms with E-state index in [1.165, 1.54) is 63.7 Å². The van der Waals surface area contributed by atoms with Crippen LogP contribution in [0.5, 0.6) is 0 Å². The molecule has 0 heterocycles. The topological polar surface area (TPSA) is 0 Å². The zero-order valence-electron chi connectivity index (χ0n) is 42.7. The van der Waals surface area contributed by atoms with Crippen molar-refractivity contribution in [1.29, 1.82) is 0 Å². The Bertz CT molecular complexity index is 2580. The van der Waals surface area contributed by atoms with Crippen LogP contribution in [0.1, 0.15) is 0 Å². The van der Waals surface area contributed by atoms with Crippen molar-refractivity contribution in [2.75, 3.05) is 0 Å². The van der Waals surface area contributed by atoms with Crippen molar-refractivity contribution in [3.05, 3.63) is 364 Å². The summed E-state index contributed by atoms with van der Waals surface area (Å²) in [4.78, 5) is 0. The van der Waals surface area contributed by atoms with Crippen molar-refractivity contribution >= 4 is 95.3 Å². The first-order valence-electron chi connectivity index (χ1n) is 25.6. The Morgan fingerprint density at radius 2 is 0.169 bits per heavy atom. The minimum atomic E-state index is -0.446. The maximum absolute atomic E-state index is 2.23. The molecule has 0 saturated heterocycles. The van der Waals surface area contributed by atoms with Gasteiger partial charge in [0.15, 0.2) is 0 Å². The second-order valence-corrected chi connectivity index (χ2v) is 26.2. The van der Waals surface area contributed by atoms with Gasteiger partial charge >= 0.3 is 0 Å². The summed E-state index contributed by atoms with van der Waals surface area (Å²) in [6, 6.07) is 129. The molecule has 0 bridgehead atoms. The fourth-order valence-electron chi connectivity index (χ4n) is 8.71. The molecule has 5 heteroatoms. The third kappa shape index (κ3) is 16.5. The predicted molar refractivity (Wildman–Crippen MR) is 341 cm³/mol. The largest absolute Gasteiger partial charge is 0.0622 e. The molecule has 0 aromatic heterocycles. The van der Waals surface area contributed by atoms with E-state index in [0.717, 1.165) is 0 Å². The molecule has 0 radical (unpaired) electrons. The second kappa shape index (κ2) is 31.3. The normalized spacial score (nSPS) is 10.4. The van der Waals surface area contributed by atoms with Crippen molar-refractivity contribution in [3.8, 4) is 0 Å². The van der Waals surface area contributed by atoms with Crippen LogP contribution in [0.25, 0.3) is 0 Å². The molecule has 0 N–H and O–H groups in total. The molecule has 77 heavy (non-hydrogen) atoms. The summed E-state index contributed by atoms with van der Waals surface area (Å²) in [5.41, 5.74) is 0. The average molecular weight is 1240 g/mol. The molecule has 0 atom stereocenters. The Labute approximate surface area is 476 Å². The zero-order valence-corrected chi connectivity index (χ0v) is 48.6. The predicted octanol–water partition coefficient (Wildman–Crippen LogP) is 13.8. The summed E-state index contributed by atoms with van der Waals surface area (Å²) in [5, 5.41) is 16.8. The standard InChI is InChI=1S/4C18H15P.Pt/c4*1-4-10-16(11-5-1)19(17-12-6-2-7-13-17)18-14-8-3-9-15-18;/h4*1-15H;. The van der Waals surface area contributed by atoms with E-state index in [0.29, 0.717) is 0 Å².